The van der Waals surface area contributed by atoms with Gasteiger partial charge in [-0.25, -0.2) is 0 Å². The summed E-state index contributed by atoms with van der Waals surface area (Å²) in [6.45, 7) is 2.66. The Kier molecular flexibility index (Phi) is 5.45. The Morgan fingerprint density at radius 3 is 2.55 bits per heavy atom. The molecule has 122 valence electrons. The largest absolute Gasteiger partial charge is 0.389 e. The Labute approximate surface area is 128 Å². The van der Waals surface area contributed by atoms with Crippen LogP contribution in [0.3, 0.4) is 0 Å². The molecule has 2 rings (SSSR count). The maximum atomic E-state index is 12.6. The first kappa shape index (κ1) is 16.8. The van der Waals surface area contributed by atoms with Gasteiger partial charge in [-0.05, 0) is 17.9 Å². The van der Waals surface area contributed by atoms with E-state index >= 15 is 0 Å². The molecule has 0 saturated carbocycles. The van der Waals surface area contributed by atoms with Crippen LogP contribution in [-0.2, 0) is 11.3 Å². The topological polar surface area (TPSA) is 32.3 Å². The summed E-state index contributed by atoms with van der Waals surface area (Å²) in [5.74, 6) is -0.704. The Bertz CT molecular complexity index is 490. The molecule has 0 bridgehead atoms. The Hall–Kier alpha value is -1.56. The Balaban J connectivity index is 1.95. The van der Waals surface area contributed by atoms with Crippen LogP contribution in [0.25, 0.3) is 0 Å². The van der Waals surface area contributed by atoms with Gasteiger partial charge in [0.1, 0.15) is 0 Å². The van der Waals surface area contributed by atoms with Crippen molar-refractivity contribution in [1.82, 2.24) is 10.2 Å². The van der Waals surface area contributed by atoms with Gasteiger partial charge in [0.2, 0.25) is 5.91 Å². The first-order chi connectivity index (χ1) is 10.3. The zero-order valence-electron chi connectivity index (χ0n) is 12.6. The molecule has 0 spiro atoms. The Morgan fingerprint density at radius 2 is 1.95 bits per heavy atom. The van der Waals surface area contributed by atoms with Gasteiger partial charge in [0.15, 0.2) is 0 Å². The number of hydrogen-bond donors (Lipinski definition) is 1. The minimum atomic E-state index is -4.19. The molecule has 1 N–H and O–H groups in total. The molecule has 0 aliphatic carbocycles. The van der Waals surface area contributed by atoms with Crippen LogP contribution in [0.1, 0.15) is 25.3 Å². The highest BCUT2D eigenvalue weighted by molar-refractivity contribution is 5.73. The van der Waals surface area contributed by atoms with Crippen molar-refractivity contribution in [3.63, 3.8) is 0 Å². The Morgan fingerprint density at radius 1 is 1.27 bits per heavy atom. The van der Waals surface area contributed by atoms with Crippen molar-refractivity contribution < 1.29 is 18.0 Å². The number of nitrogens with zero attached hydrogens (tertiary/aromatic N) is 1. The number of carbonyl (C=O) groups is 1. The van der Waals surface area contributed by atoms with E-state index in [0.29, 0.717) is 19.5 Å². The van der Waals surface area contributed by atoms with Crippen molar-refractivity contribution in [3.8, 4) is 0 Å². The SMILES string of the molecule is CC(=O)N1CC(CC(F)(F)F)CC(NCc2ccccc2)C1. The van der Waals surface area contributed by atoms with E-state index in [-0.39, 0.29) is 18.5 Å². The van der Waals surface area contributed by atoms with Gasteiger partial charge >= 0.3 is 6.18 Å². The van der Waals surface area contributed by atoms with Crippen LogP contribution in [0, 0.1) is 5.92 Å². The number of nitrogens with one attached hydrogen (secondary N) is 1. The van der Waals surface area contributed by atoms with Crippen LogP contribution in [0.5, 0.6) is 0 Å². The fraction of sp³-hybridized carbons (Fsp3) is 0.562. The van der Waals surface area contributed by atoms with Crippen LogP contribution in [0.4, 0.5) is 13.2 Å². The van der Waals surface area contributed by atoms with Crippen LogP contribution in [-0.4, -0.2) is 36.1 Å². The average Bonchev–Trinajstić information content (AvgIpc) is 2.44. The van der Waals surface area contributed by atoms with E-state index in [1.165, 1.54) is 11.8 Å². The number of alkyl halides is 3. The molecule has 3 nitrogen and oxygen atoms in total. The minimum Gasteiger partial charge on any atom is -0.341 e. The average molecular weight is 314 g/mol. The fourth-order valence-electron chi connectivity index (χ4n) is 2.94. The van der Waals surface area contributed by atoms with Gasteiger partial charge in [-0.3, -0.25) is 4.79 Å². The van der Waals surface area contributed by atoms with Crippen molar-refractivity contribution in [3.05, 3.63) is 35.9 Å². The van der Waals surface area contributed by atoms with Gasteiger partial charge in [0.25, 0.3) is 0 Å². The number of halogens is 3. The van der Waals surface area contributed by atoms with Gasteiger partial charge in [0.05, 0.1) is 0 Å². The second-order valence-corrected chi connectivity index (χ2v) is 5.91. The standard InChI is InChI=1S/C16H21F3N2O/c1-12(22)21-10-14(8-16(17,18)19)7-15(11-21)20-9-13-5-3-2-4-6-13/h2-6,14-15,20H,7-11H2,1H3. The lowest BCUT2D eigenvalue weighted by atomic mass is 9.91. The minimum absolute atomic E-state index is 0.106. The molecule has 1 aromatic rings. The third-order valence-electron chi connectivity index (χ3n) is 3.94. The smallest absolute Gasteiger partial charge is 0.341 e. The van der Waals surface area contributed by atoms with Crippen molar-refractivity contribution >= 4 is 5.91 Å². The van der Waals surface area contributed by atoms with Crippen molar-refractivity contribution in [2.75, 3.05) is 13.1 Å². The molecule has 1 amide bonds. The van der Waals surface area contributed by atoms with E-state index < -0.39 is 18.5 Å². The van der Waals surface area contributed by atoms with E-state index in [1.54, 1.807) is 0 Å². The quantitative estimate of drug-likeness (QED) is 0.927. The third kappa shape index (κ3) is 5.33. The molecular weight excluding hydrogens is 293 g/mol. The molecule has 0 aromatic heterocycles. The van der Waals surface area contributed by atoms with Gasteiger partial charge in [0, 0.05) is 39.0 Å². The van der Waals surface area contributed by atoms with E-state index in [0.717, 1.165) is 5.56 Å². The molecule has 1 heterocycles. The monoisotopic (exact) mass is 314 g/mol. The van der Waals surface area contributed by atoms with Crippen molar-refractivity contribution in [2.24, 2.45) is 5.92 Å². The number of piperidine rings is 1. The lowest BCUT2D eigenvalue weighted by molar-refractivity contribution is -0.152. The fourth-order valence-corrected chi connectivity index (χ4v) is 2.94. The highest BCUT2D eigenvalue weighted by Crippen LogP contribution is 2.30. The van der Waals surface area contributed by atoms with Crippen molar-refractivity contribution in [2.45, 2.75) is 38.5 Å². The second kappa shape index (κ2) is 7.13. The van der Waals surface area contributed by atoms with Crippen LogP contribution in [0.15, 0.2) is 30.3 Å². The second-order valence-electron chi connectivity index (χ2n) is 5.91. The summed E-state index contributed by atoms with van der Waals surface area (Å²) in [6, 6.07) is 9.59. The number of rotatable bonds is 4. The first-order valence-electron chi connectivity index (χ1n) is 7.43. The summed E-state index contributed by atoms with van der Waals surface area (Å²) in [4.78, 5) is 13.1. The van der Waals surface area contributed by atoms with E-state index in [2.05, 4.69) is 5.32 Å². The molecule has 1 aromatic carbocycles. The normalized spacial score (nSPS) is 22.6. The van der Waals surface area contributed by atoms with Gasteiger partial charge in [-0.15, -0.1) is 0 Å². The number of carbonyl (C=O) groups excluding carboxylic acids is 1. The summed E-state index contributed by atoms with van der Waals surface area (Å²) in [5, 5.41) is 3.28. The summed E-state index contributed by atoms with van der Waals surface area (Å²) in [6.07, 6.45) is -4.58. The summed E-state index contributed by atoms with van der Waals surface area (Å²) < 4.78 is 37.9. The molecule has 0 radical (unpaired) electrons. The number of likely N-dealkylation sites (tertiary alicyclic amines) is 1. The molecule has 2 unspecified atom stereocenters. The lowest BCUT2D eigenvalue weighted by Gasteiger charge is -2.38. The number of benzene rings is 1. The van der Waals surface area contributed by atoms with E-state index in [9.17, 15) is 18.0 Å². The maximum absolute atomic E-state index is 12.6. The highest BCUT2D eigenvalue weighted by Gasteiger charge is 2.37. The summed E-state index contributed by atoms with van der Waals surface area (Å²) >= 11 is 0. The molecule has 1 aliphatic rings. The highest BCUT2D eigenvalue weighted by atomic mass is 19.4. The molecule has 2 atom stereocenters. The van der Waals surface area contributed by atoms with Crippen LogP contribution < -0.4 is 5.32 Å². The van der Waals surface area contributed by atoms with Crippen LogP contribution >= 0.6 is 0 Å². The van der Waals surface area contributed by atoms with E-state index in [4.69, 9.17) is 0 Å². The zero-order chi connectivity index (χ0) is 16.2. The number of hydrogen-bond acceptors (Lipinski definition) is 2. The summed E-state index contributed by atoms with van der Waals surface area (Å²) in [5.41, 5.74) is 1.08. The predicted octanol–water partition coefficient (Wildman–Crippen LogP) is 2.97. The first-order valence-corrected chi connectivity index (χ1v) is 7.43. The summed E-state index contributed by atoms with van der Waals surface area (Å²) in [7, 11) is 0. The number of amides is 1. The maximum Gasteiger partial charge on any atom is 0.389 e. The van der Waals surface area contributed by atoms with Gasteiger partial charge < -0.3 is 10.2 Å². The van der Waals surface area contributed by atoms with E-state index in [1.807, 2.05) is 30.3 Å². The zero-order valence-corrected chi connectivity index (χ0v) is 12.6. The van der Waals surface area contributed by atoms with Crippen LogP contribution in [0.2, 0.25) is 0 Å². The van der Waals surface area contributed by atoms with Crippen molar-refractivity contribution in [1.29, 1.82) is 0 Å². The molecular formula is C16H21F3N2O. The molecule has 22 heavy (non-hydrogen) atoms. The molecule has 1 saturated heterocycles. The van der Waals surface area contributed by atoms with Gasteiger partial charge in [-0.1, -0.05) is 30.3 Å². The predicted molar refractivity (Wildman–Crippen MR) is 78.1 cm³/mol. The van der Waals surface area contributed by atoms with Gasteiger partial charge in [-0.2, -0.15) is 13.2 Å². The lowest BCUT2D eigenvalue weighted by Crippen LogP contribution is -2.51. The molecule has 1 fully saturated rings. The molecule has 6 heteroatoms. The third-order valence-corrected chi connectivity index (χ3v) is 3.94. The molecule has 1 aliphatic heterocycles.